The van der Waals surface area contributed by atoms with Crippen LogP contribution < -0.4 is 10.1 Å². The Labute approximate surface area is 124 Å². The smallest absolute Gasteiger partial charge is 0.387 e. The van der Waals surface area contributed by atoms with Crippen molar-refractivity contribution in [3.63, 3.8) is 0 Å². The zero-order chi connectivity index (χ0) is 15.4. The van der Waals surface area contributed by atoms with Crippen molar-refractivity contribution in [2.45, 2.75) is 20.1 Å². The zero-order valence-electron chi connectivity index (χ0n) is 11.0. The molecule has 0 spiro atoms. The number of hydrogen-bond donors (Lipinski definition) is 1. The lowest BCUT2D eigenvalue weighted by Gasteiger charge is -2.09. The standard InChI is InChI=1S/C13H12ClF2N3O2/c1-8-5-17-19(6-8)7-12(20)18-9-2-3-11(10(14)4-9)21-13(15)16/h2-6,13H,7H2,1H3,(H,18,20). The van der Waals surface area contributed by atoms with Crippen molar-refractivity contribution in [2.75, 3.05) is 5.32 Å². The molecule has 0 radical (unpaired) electrons. The number of ether oxygens (including phenoxy) is 1. The first kappa shape index (κ1) is 15.2. The lowest BCUT2D eigenvalue weighted by atomic mass is 10.3. The number of carbonyl (C=O) groups excluding carboxylic acids is 1. The molecule has 112 valence electrons. The Morgan fingerprint density at radius 1 is 1.52 bits per heavy atom. The van der Waals surface area contributed by atoms with Crippen LogP contribution in [0.2, 0.25) is 5.02 Å². The topological polar surface area (TPSA) is 56.2 Å². The van der Waals surface area contributed by atoms with Gasteiger partial charge in [0.15, 0.2) is 0 Å². The molecule has 1 N–H and O–H groups in total. The average molecular weight is 316 g/mol. The summed E-state index contributed by atoms with van der Waals surface area (Å²) >= 11 is 5.79. The van der Waals surface area contributed by atoms with Gasteiger partial charge in [-0.1, -0.05) is 11.6 Å². The van der Waals surface area contributed by atoms with Crippen LogP contribution in [0, 0.1) is 6.92 Å². The maximum atomic E-state index is 12.1. The maximum absolute atomic E-state index is 12.1. The number of aromatic nitrogens is 2. The molecule has 0 aliphatic rings. The highest BCUT2D eigenvalue weighted by atomic mass is 35.5. The minimum absolute atomic E-state index is 0.0111. The molecule has 21 heavy (non-hydrogen) atoms. The van der Waals surface area contributed by atoms with E-state index in [2.05, 4.69) is 15.2 Å². The Hall–Kier alpha value is -2.15. The summed E-state index contributed by atoms with van der Waals surface area (Å²) in [6.07, 6.45) is 3.37. The van der Waals surface area contributed by atoms with Gasteiger partial charge in [0.05, 0.1) is 11.2 Å². The summed E-state index contributed by atoms with van der Waals surface area (Å²) in [4.78, 5) is 11.8. The van der Waals surface area contributed by atoms with Gasteiger partial charge >= 0.3 is 6.61 Å². The molecule has 2 rings (SSSR count). The average Bonchev–Trinajstić information content (AvgIpc) is 2.77. The molecule has 0 bridgehead atoms. The van der Waals surface area contributed by atoms with Crippen LogP contribution in [0.5, 0.6) is 5.75 Å². The first-order chi connectivity index (χ1) is 9.94. The van der Waals surface area contributed by atoms with Gasteiger partial charge in [0.25, 0.3) is 0 Å². The largest absolute Gasteiger partial charge is 0.433 e. The monoisotopic (exact) mass is 315 g/mol. The van der Waals surface area contributed by atoms with Gasteiger partial charge in [-0.3, -0.25) is 9.48 Å². The third-order valence-electron chi connectivity index (χ3n) is 2.50. The number of nitrogens with zero attached hydrogens (tertiary/aromatic N) is 2. The number of carbonyl (C=O) groups is 1. The van der Waals surface area contributed by atoms with Crippen LogP contribution >= 0.6 is 11.6 Å². The van der Waals surface area contributed by atoms with Crippen LogP contribution in [0.15, 0.2) is 30.6 Å². The molecule has 5 nitrogen and oxygen atoms in total. The molecule has 0 aliphatic heterocycles. The maximum Gasteiger partial charge on any atom is 0.387 e. The Kier molecular flexibility index (Phi) is 4.74. The van der Waals surface area contributed by atoms with E-state index in [-0.39, 0.29) is 23.2 Å². The second-order valence-corrected chi connectivity index (χ2v) is 4.69. The minimum Gasteiger partial charge on any atom is -0.433 e. The number of nitrogens with one attached hydrogen (secondary N) is 1. The lowest BCUT2D eigenvalue weighted by Crippen LogP contribution is -2.19. The highest BCUT2D eigenvalue weighted by Gasteiger charge is 2.10. The number of hydrogen-bond acceptors (Lipinski definition) is 3. The third-order valence-corrected chi connectivity index (χ3v) is 2.80. The summed E-state index contributed by atoms with van der Waals surface area (Å²) in [5.41, 5.74) is 1.33. The third kappa shape index (κ3) is 4.42. The molecule has 0 fully saturated rings. The van der Waals surface area contributed by atoms with Gasteiger partial charge in [0, 0.05) is 11.9 Å². The second-order valence-electron chi connectivity index (χ2n) is 4.29. The van der Waals surface area contributed by atoms with E-state index >= 15 is 0 Å². The molecule has 0 saturated heterocycles. The van der Waals surface area contributed by atoms with Crippen molar-refractivity contribution in [3.05, 3.63) is 41.2 Å². The Bertz CT molecular complexity index is 646. The molecule has 0 atom stereocenters. The van der Waals surface area contributed by atoms with Gasteiger partial charge in [-0.15, -0.1) is 0 Å². The Balaban J connectivity index is 1.99. The predicted octanol–water partition coefficient (Wildman–Crippen LogP) is 3.09. The van der Waals surface area contributed by atoms with Gasteiger partial charge in [-0.05, 0) is 30.7 Å². The van der Waals surface area contributed by atoms with E-state index in [4.69, 9.17) is 11.6 Å². The van der Waals surface area contributed by atoms with Crippen molar-refractivity contribution < 1.29 is 18.3 Å². The number of amides is 1. The van der Waals surface area contributed by atoms with Crippen LogP contribution in [0.25, 0.3) is 0 Å². The zero-order valence-corrected chi connectivity index (χ0v) is 11.8. The fourth-order valence-corrected chi connectivity index (χ4v) is 1.90. The Morgan fingerprint density at radius 3 is 2.86 bits per heavy atom. The van der Waals surface area contributed by atoms with E-state index in [0.29, 0.717) is 5.69 Å². The summed E-state index contributed by atoms with van der Waals surface area (Å²) in [5, 5.41) is 6.57. The number of benzene rings is 1. The van der Waals surface area contributed by atoms with Gasteiger partial charge in [-0.25, -0.2) is 0 Å². The number of aryl methyl sites for hydroxylation is 1. The van der Waals surface area contributed by atoms with Crippen LogP contribution in [0.4, 0.5) is 14.5 Å². The van der Waals surface area contributed by atoms with Crippen LogP contribution in [-0.2, 0) is 11.3 Å². The first-order valence-corrected chi connectivity index (χ1v) is 6.35. The van der Waals surface area contributed by atoms with Crippen molar-refractivity contribution in [3.8, 4) is 5.75 Å². The highest BCUT2D eigenvalue weighted by Crippen LogP contribution is 2.28. The summed E-state index contributed by atoms with van der Waals surface area (Å²) in [7, 11) is 0. The molecule has 8 heteroatoms. The molecule has 0 aliphatic carbocycles. The number of halogens is 3. The molecular formula is C13H12ClF2N3O2. The second kappa shape index (κ2) is 6.53. The van der Waals surface area contributed by atoms with Gasteiger partial charge in [0.1, 0.15) is 12.3 Å². The SMILES string of the molecule is Cc1cnn(CC(=O)Nc2ccc(OC(F)F)c(Cl)c2)c1. The summed E-state index contributed by atoms with van der Waals surface area (Å²) in [5.74, 6) is -0.455. The minimum atomic E-state index is -2.95. The van der Waals surface area contributed by atoms with E-state index in [1.54, 1.807) is 12.4 Å². The molecule has 0 saturated carbocycles. The predicted molar refractivity (Wildman–Crippen MR) is 73.7 cm³/mol. The number of rotatable bonds is 5. The normalized spacial score (nSPS) is 10.7. The van der Waals surface area contributed by atoms with Crippen molar-refractivity contribution in [1.82, 2.24) is 9.78 Å². The van der Waals surface area contributed by atoms with Crippen molar-refractivity contribution in [1.29, 1.82) is 0 Å². The molecule has 2 aromatic rings. The molecular weight excluding hydrogens is 304 g/mol. The summed E-state index contributed by atoms with van der Waals surface area (Å²) in [6.45, 7) is -1.05. The lowest BCUT2D eigenvalue weighted by molar-refractivity contribution is -0.116. The van der Waals surface area contributed by atoms with Gasteiger partial charge in [0.2, 0.25) is 5.91 Å². The highest BCUT2D eigenvalue weighted by molar-refractivity contribution is 6.32. The molecule has 1 heterocycles. The van der Waals surface area contributed by atoms with Crippen LogP contribution in [0.1, 0.15) is 5.56 Å². The molecule has 1 aromatic heterocycles. The van der Waals surface area contributed by atoms with Gasteiger partial charge < -0.3 is 10.1 Å². The summed E-state index contributed by atoms with van der Waals surface area (Å²) in [6, 6.07) is 4.03. The Morgan fingerprint density at radius 2 is 2.29 bits per heavy atom. The van der Waals surface area contributed by atoms with Gasteiger partial charge in [-0.2, -0.15) is 13.9 Å². The molecule has 1 aromatic carbocycles. The van der Waals surface area contributed by atoms with E-state index in [1.807, 2.05) is 6.92 Å². The van der Waals surface area contributed by atoms with Crippen molar-refractivity contribution >= 4 is 23.2 Å². The number of alkyl halides is 2. The van der Waals surface area contributed by atoms with E-state index in [9.17, 15) is 13.6 Å². The first-order valence-electron chi connectivity index (χ1n) is 5.97. The fraction of sp³-hybridized carbons (Fsp3) is 0.231. The van der Waals surface area contributed by atoms with Crippen LogP contribution in [-0.4, -0.2) is 22.3 Å². The quantitative estimate of drug-likeness (QED) is 0.922. The van der Waals surface area contributed by atoms with E-state index in [1.165, 1.54) is 22.9 Å². The fourth-order valence-electron chi connectivity index (χ4n) is 1.67. The van der Waals surface area contributed by atoms with Crippen LogP contribution in [0.3, 0.4) is 0 Å². The number of anilines is 1. The molecule has 0 unspecified atom stereocenters. The van der Waals surface area contributed by atoms with E-state index in [0.717, 1.165) is 5.56 Å². The molecule has 1 amide bonds. The summed E-state index contributed by atoms with van der Waals surface area (Å²) < 4.78 is 29.9. The van der Waals surface area contributed by atoms with E-state index < -0.39 is 6.61 Å². The van der Waals surface area contributed by atoms with Crippen molar-refractivity contribution in [2.24, 2.45) is 0 Å².